The fraction of sp³-hybridized carbons (Fsp3) is 0.481. The highest BCUT2D eigenvalue weighted by Crippen LogP contribution is 2.51. The number of nitrogens with zero attached hydrogens (tertiary/aromatic N) is 1. The molecule has 1 aliphatic carbocycles. The minimum Gasteiger partial charge on any atom is -0.494 e. The van der Waals surface area contributed by atoms with E-state index in [9.17, 15) is 15.2 Å². The third-order valence-corrected chi connectivity index (χ3v) is 6.73. The third-order valence-electron chi connectivity index (χ3n) is 6.73. The molecule has 2 aromatic carbocycles. The van der Waals surface area contributed by atoms with E-state index in [1.165, 1.54) is 12.8 Å². The van der Waals surface area contributed by atoms with Crippen LogP contribution >= 0.6 is 0 Å². The average molecular weight is 420 g/mol. The van der Waals surface area contributed by atoms with Crippen LogP contribution in [0.2, 0.25) is 0 Å². The van der Waals surface area contributed by atoms with E-state index in [1.807, 2.05) is 36.4 Å². The third kappa shape index (κ3) is 4.93. The number of aliphatic carboxylic acids is 1. The lowest BCUT2D eigenvalue weighted by atomic mass is 9.59. The quantitative estimate of drug-likeness (QED) is 0.453. The van der Waals surface area contributed by atoms with E-state index in [4.69, 9.17) is 4.74 Å². The van der Waals surface area contributed by atoms with Crippen LogP contribution in [0, 0.1) is 22.7 Å². The molecule has 4 nitrogen and oxygen atoms in total. The molecule has 31 heavy (non-hydrogen) atoms. The van der Waals surface area contributed by atoms with Gasteiger partial charge in [-0.15, -0.1) is 0 Å². The van der Waals surface area contributed by atoms with Crippen LogP contribution in [0.25, 0.3) is 11.1 Å². The highest BCUT2D eigenvalue weighted by molar-refractivity contribution is 5.80. The summed E-state index contributed by atoms with van der Waals surface area (Å²) >= 11 is 0. The van der Waals surface area contributed by atoms with Gasteiger partial charge >= 0.3 is 5.97 Å². The standard InChI is InChI=1S/C27H33NO3/c1-3-5-6-18-31-24-15-13-22(14-16-24)21-9-11-23(12-10-21)25-20(4-2)8-7-17-27(25,19-28)26(29)30/h9-16,20,25H,3-8,17-18H2,1-2H3,(H,29,30). The van der Waals surface area contributed by atoms with Gasteiger partial charge in [0.2, 0.25) is 0 Å². The number of hydrogen-bond acceptors (Lipinski definition) is 3. The van der Waals surface area contributed by atoms with Crippen molar-refractivity contribution in [1.29, 1.82) is 5.26 Å². The first-order valence-corrected chi connectivity index (χ1v) is 11.5. The number of rotatable bonds is 9. The van der Waals surface area contributed by atoms with Gasteiger partial charge in [0.05, 0.1) is 12.7 Å². The van der Waals surface area contributed by atoms with Gasteiger partial charge in [-0.05, 0) is 54.0 Å². The molecule has 0 aromatic heterocycles. The highest BCUT2D eigenvalue weighted by atomic mass is 16.5. The van der Waals surface area contributed by atoms with E-state index in [0.29, 0.717) is 6.42 Å². The zero-order valence-electron chi connectivity index (χ0n) is 18.6. The molecule has 1 saturated carbocycles. The Kier molecular flexibility index (Phi) is 7.74. The average Bonchev–Trinajstić information content (AvgIpc) is 2.81. The summed E-state index contributed by atoms with van der Waals surface area (Å²) in [7, 11) is 0. The molecule has 164 valence electrons. The number of nitriles is 1. The summed E-state index contributed by atoms with van der Waals surface area (Å²) < 4.78 is 5.79. The maximum absolute atomic E-state index is 12.1. The summed E-state index contributed by atoms with van der Waals surface area (Å²) in [6.07, 6.45) is 6.49. The largest absolute Gasteiger partial charge is 0.494 e. The monoisotopic (exact) mass is 419 g/mol. The van der Waals surface area contributed by atoms with Crippen molar-refractivity contribution >= 4 is 5.97 Å². The van der Waals surface area contributed by atoms with Crippen LogP contribution in [0.3, 0.4) is 0 Å². The molecule has 4 heteroatoms. The van der Waals surface area contributed by atoms with Crippen LogP contribution in [0.1, 0.15) is 70.3 Å². The van der Waals surface area contributed by atoms with Gasteiger partial charge in [0.1, 0.15) is 5.75 Å². The predicted molar refractivity (Wildman–Crippen MR) is 123 cm³/mol. The van der Waals surface area contributed by atoms with Crippen molar-refractivity contribution in [3.63, 3.8) is 0 Å². The Morgan fingerprint density at radius 3 is 2.29 bits per heavy atom. The van der Waals surface area contributed by atoms with E-state index in [0.717, 1.165) is 54.7 Å². The zero-order chi connectivity index (χ0) is 22.3. The van der Waals surface area contributed by atoms with Gasteiger partial charge in [0.15, 0.2) is 5.41 Å². The Morgan fingerprint density at radius 1 is 1.10 bits per heavy atom. The summed E-state index contributed by atoms with van der Waals surface area (Å²) in [6, 6.07) is 18.4. The fourth-order valence-electron chi connectivity index (χ4n) is 4.95. The number of carboxylic acids is 1. The van der Waals surface area contributed by atoms with Crippen LogP contribution in [-0.4, -0.2) is 17.7 Å². The molecule has 1 aliphatic rings. The molecular weight excluding hydrogens is 386 g/mol. The molecule has 0 aliphatic heterocycles. The highest BCUT2D eigenvalue weighted by Gasteiger charge is 2.52. The number of unbranched alkanes of at least 4 members (excludes halogenated alkanes) is 2. The molecule has 0 amide bonds. The van der Waals surface area contributed by atoms with Gasteiger partial charge in [-0.2, -0.15) is 5.26 Å². The normalized spacial score (nSPS) is 23.1. The SMILES string of the molecule is CCCCCOc1ccc(-c2ccc(C3C(CC)CCCC3(C#N)C(=O)O)cc2)cc1. The van der Waals surface area contributed by atoms with Crippen LogP contribution in [-0.2, 0) is 4.79 Å². The van der Waals surface area contributed by atoms with Crippen molar-refractivity contribution in [3.8, 4) is 22.9 Å². The van der Waals surface area contributed by atoms with Gasteiger partial charge in [0.25, 0.3) is 0 Å². The second-order valence-corrected chi connectivity index (χ2v) is 8.63. The van der Waals surface area contributed by atoms with Crippen molar-refractivity contribution < 1.29 is 14.6 Å². The van der Waals surface area contributed by atoms with E-state index in [-0.39, 0.29) is 11.8 Å². The summed E-state index contributed by atoms with van der Waals surface area (Å²) in [5.41, 5.74) is 1.78. The molecule has 0 spiro atoms. The first-order chi connectivity index (χ1) is 15.1. The molecule has 0 bridgehead atoms. The minimum absolute atomic E-state index is 0.208. The number of carbonyl (C=O) groups is 1. The molecule has 0 heterocycles. The number of carboxylic acid groups (broad SMARTS) is 1. The fourth-order valence-corrected chi connectivity index (χ4v) is 4.95. The Morgan fingerprint density at radius 2 is 1.74 bits per heavy atom. The van der Waals surface area contributed by atoms with Gasteiger partial charge in [0, 0.05) is 5.92 Å². The Labute approximate surface area is 185 Å². The van der Waals surface area contributed by atoms with Gasteiger partial charge in [-0.1, -0.05) is 75.9 Å². The Hall–Kier alpha value is -2.80. The number of hydrogen-bond donors (Lipinski definition) is 1. The van der Waals surface area contributed by atoms with Crippen molar-refractivity contribution in [2.75, 3.05) is 6.61 Å². The van der Waals surface area contributed by atoms with Crippen LogP contribution < -0.4 is 4.74 Å². The second kappa shape index (κ2) is 10.5. The molecule has 3 rings (SSSR count). The number of ether oxygens (including phenoxy) is 1. The Bertz CT molecular complexity index is 898. The molecule has 3 atom stereocenters. The molecule has 3 unspecified atom stereocenters. The molecular formula is C27H33NO3. The maximum Gasteiger partial charge on any atom is 0.324 e. The lowest BCUT2D eigenvalue weighted by Crippen LogP contribution is -2.42. The van der Waals surface area contributed by atoms with Gasteiger partial charge in [-0.3, -0.25) is 4.79 Å². The van der Waals surface area contributed by atoms with E-state index < -0.39 is 11.4 Å². The lowest BCUT2D eigenvalue weighted by Gasteiger charge is -2.41. The van der Waals surface area contributed by atoms with Gasteiger partial charge < -0.3 is 9.84 Å². The minimum atomic E-state index is -1.34. The maximum atomic E-state index is 12.1. The van der Waals surface area contributed by atoms with Crippen LogP contribution in [0.4, 0.5) is 0 Å². The Balaban J connectivity index is 1.80. The smallest absolute Gasteiger partial charge is 0.324 e. The van der Waals surface area contributed by atoms with Crippen LogP contribution in [0.15, 0.2) is 48.5 Å². The lowest BCUT2D eigenvalue weighted by molar-refractivity contribution is -0.149. The predicted octanol–water partition coefficient (Wildman–Crippen LogP) is 6.81. The topological polar surface area (TPSA) is 70.3 Å². The zero-order valence-corrected chi connectivity index (χ0v) is 18.6. The summed E-state index contributed by atoms with van der Waals surface area (Å²) in [5.74, 6) is -0.178. The first-order valence-electron chi connectivity index (χ1n) is 11.5. The summed E-state index contributed by atoms with van der Waals surface area (Å²) in [5, 5.41) is 19.8. The van der Waals surface area contributed by atoms with E-state index in [1.54, 1.807) is 0 Å². The van der Waals surface area contributed by atoms with Crippen molar-refractivity contribution in [2.24, 2.45) is 11.3 Å². The van der Waals surface area contributed by atoms with E-state index >= 15 is 0 Å². The molecule has 1 fully saturated rings. The van der Waals surface area contributed by atoms with Crippen molar-refractivity contribution in [3.05, 3.63) is 54.1 Å². The van der Waals surface area contributed by atoms with Crippen LogP contribution in [0.5, 0.6) is 5.75 Å². The van der Waals surface area contributed by atoms with Gasteiger partial charge in [-0.25, -0.2) is 0 Å². The molecule has 1 N–H and O–H groups in total. The first kappa shape index (κ1) is 22.9. The van der Waals surface area contributed by atoms with E-state index in [2.05, 4.69) is 32.0 Å². The summed E-state index contributed by atoms with van der Waals surface area (Å²) in [6.45, 7) is 5.01. The molecule has 0 radical (unpaired) electrons. The second-order valence-electron chi connectivity index (χ2n) is 8.63. The van der Waals surface area contributed by atoms with Crippen molar-refractivity contribution in [2.45, 2.75) is 64.7 Å². The summed E-state index contributed by atoms with van der Waals surface area (Å²) in [4.78, 5) is 12.1. The molecule has 0 saturated heterocycles. The molecule has 2 aromatic rings. The van der Waals surface area contributed by atoms with Crippen molar-refractivity contribution in [1.82, 2.24) is 0 Å². The number of benzene rings is 2.